The van der Waals surface area contributed by atoms with Gasteiger partial charge in [-0.05, 0) is 49.2 Å². The van der Waals surface area contributed by atoms with Crippen molar-refractivity contribution in [1.29, 1.82) is 0 Å². The number of nitrogens with one attached hydrogen (secondary N) is 1. The maximum absolute atomic E-state index is 5.85. The summed E-state index contributed by atoms with van der Waals surface area (Å²) in [6, 6.07) is 10.2. The minimum absolute atomic E-state index is 0.799. The van der Waals surface area contributed by atoms with Crippen LogP contribution < -0.4 is 5.32 Å². The summed E-state index contributed by atoms with van der Waals surface area (Å²) in [6.07, 6.45) is 5.34. The van der Waals surface area contributed by atoms with E-state index in [0.717, 1.165) is 31.1 Å². The van der Waals surface area contributed by atoms with Gasteiger partial charge in [-0.3, -0.25) is 0 Å². The van der Waals surface area contributed by atoms with Crippen LogP contribution in [0.25, 0.3) is 0 Å². The van der Waals surface area contributed by atoms with Crippen LogP contribution in [-0.2, 0) is 19.5 Å². The van der Waals surface area contributed by atoms with Crippen molar-refractivity contribution in [3.63, 3.8) is 0 Å². The molecule has 0 spiro atoms. The number of hydrogen-bond donors (Lipinski definition) is 1. The molecule has 0 unspecified atom stereocenters. The maximum Gasteiger partial charge on any atom is 0.0406 e. The summed E-state index contributed by atoms with van der Waals surface area (Å²) >= 11 is 5.85. The predicted octanol–water partition coefficient (Wildman–Crippen LogP) is 3.49. The number of nitrogens with zero attached hydrogens (tertiary/aromatic N) is 1. The molecule has 18 heavy (non-hydrogen) atoms. The molecular formula is C15H19ClN2. The van der Waals surface area contributed by atoms with E-state index in [9.17, 15) is 0 Å². The van der Waals surface area contributed by atoms with Gasteiger partial charge in [0.2, 0.25) is 0 Å². The fourth-order valence-corrected chi connectivity index (χ4v) is 2.03. The summed E-state index contributed by atoms with van der Waals surface area (Å²) in [5.74, 6) is 0. The summed E-state index contributed by atoms with van der Waals surface area (Å²) in [5.41, 5.74) is 2.66. The van der Waals surface area contributed by atoms with E-state index in [1.165, 1.54) is 11.1 Å². The van der Waals surface area contributed by atoms with Crippen LogP contribution in [0, 0.1) is 0 Å². The molecule has 2 nitrogen and oxygen atoms in total. The molecule has 0 amide bonds. The molecule has 0 atom stereocenters. The molecule has 0 fully saturated rings. The SMILES string of the molecule is CCn1ccc(CNCCc2ccc(Cl)cc2)c1. The Morgan fingerprint density at radius 1 is 1.11 bits per heavy atom. The van der Waals surface area contributed by atoms with Crippen molar-refractivity contribution < 1.29 is 0 Å². The lowest BCUT2D eigenvalue weighted by Gasteiger charge is -2.04. The number of rotatable bonds is 6. The lowest BCUT2D eigenvalue weighted by molar-refractivity contribution is 0.683. The van der Waals surface area contributed by atoms with E-state index < -0.39 is 0 Å². The largest absolute Gasteiger partial charge is 0.354 e. The van der Waals surface area contributed by atoms with Crippen molar-refractivity contribution in [3.8, 4) is 0 Å². The van der Waals surface area contributed by atoms with Crippen LogP contribution >= 0.6 is 11.6 Å². The highest BCUT2D eigenvalue weighted by molar-refractivity contribution is 6.30. The van der Waals surface area contributed by atoms with E-state index in [1.54, 1.807) is 0 Å². The fraction of sp³-hybridized carbons (Fsp3) is 0.333. The molecule has 0 aliphatic carbocycles. The van der Waals surface area contributed by atoms with Gasteiger partial charge in [-0.1, -0.05) is 23.7 Å². The van der Waals surface area contributed by atoms with Gasteiger partial charge >= 0.3 is 0 Å². The summed E-state index contributed by atoms with van der Waals surface area (Å²) in [6.45, 7) is 5.10. The Morgan fingerprint density at radius 3 is 2.56 bits per heavy atom. The topological polar surface area (TPSA) is 17.0 Å². The van der Waals surface area contributed by atoms with Gasteiger partial charge in [-0.15, -0.1) is 0 Å². The minimum atomic E-state index is 0.799. The smallest absolute Gasteiger partial charge is 0.0406 e. The van der Waals surface area contributed by atoms with Gasteiger partial charge in [0.15, 0.2) is 0 Å². The zero-order chi connectivity index (χ0) is 12.8. The minimum Gasteiger partial charge on any atom is -0.354 e. The van der Waals surface area contributed by atoms with Crippen molar-refractivity contribution >= 4 is 11.6 Å². The van der Waals surface area contributed by atoms with Crippen LogP contribution in [0.4, 0.5) is 0 Å². The van der Waals surface area contributed by atoms with Crippen LogP contribution in [0.1, 0.15) is 18.1 Å². The van der Waals surface area contributed by atoms with Gasteiger partial charge in [-0.2, -0.15) is 0 Å². The molecule has 96 valence electrons. The summed E-state index contributed by atoms with van der Waals surface area (Å²) in [4.78, 5) is 0. The molecule has 1 N–H and O–H groups in total. The Hall–Kier alpha value is -1.25. The first-order valence-corrected chi connectivity index (χ1v) is 6.75. The van der Waals surface area contributed by atoms with Gasteiger partial charge in [0.05, 0.1) is 0 Å². The summed E-state index contributed by atoms with van der Waals surface area (Å²) in [5, 5.41) is 4.25. The standard InChI is InChI=1S/C15H19ClN2/c1-2-18-10-8-14(12-18)11-17-9-7-13-3-5-15(16)6-4-13/h3-6,8,10,12,17H,2,7,9,11H2,1H3. The molecule has 0 radical (unpaired) electrons. The molecule has 1 aromatic carbocycles. The van der Waals surface area contributed by atoms with E-state index in [-0.39, 0.29) is 0 Å². The van der Waals surface area contributed by atoms with Crippen molar-refractivity contribution in [1.82, 2.24) is 9.88 Å². The first-order chi connectivity index (χ1) is 8.78. The number of halogens is 1. The Balaban J connectivity index is 1.71. The normalized spacial score (nSPS) is 10.8. The Labute approximate surface area is 114 Å². The molecule has 2 aromatic rings. The van der Waals surface area contributed by atoms with Crippen molar-refractivity contribution in [2.75, 3.05) is 6.54 Å². The monoisotopic (exact) mass is 262 g/mol. The second-order valence-electron chi connectivity index (χ2n) is 4.40. The zero-order valence-electron chi connectivity index (χ0n) is 10.7. The third kappa shape index (κ3) is 3.90. The molecular weight excluding hydrogens is 244 g/mol. The lowest BCUT2D eigenvalue weighted by atomic mass is 10.1. The van der Waals surface area contributed by atoms with Gasteiger partial charge in [-0.25, -0.2) is 0 Å². The number of aryl methyl sites for hydroxylation is 1. The third-order valence-electron chi connectivity index (χ3n) is 3.01. The van der Waals surface area contributed by atoms with Gasteiger partial charge in [0.25, 0.3) is 0 Å². The average molecular weight is 263 g/mol. The molecule has 0 saturated heterocycles. The van der Waals surface area contributed by atoms with Crippen LogP contribution in [0.3, 0.4) is 0 Å². The van der Waals surface area contributed by atoms with E-state index in [1.807, 2.05) is 12.1 Å². The van der Waals surface area contributed by atoms with E-state index in [4.69, 9.17) is 11.6 Å². The van der Waals surface area contributed by atoms with Crippen LogP contribution in [0.2, 0.25) is 5.02 Å². The molecule has 1 aromatic heterocycles. The number of hydrogen-bond acceptors (Lipinski definition) is 1. The van der Waals surface area contributed by atoms with Gasteiger partial charge in [0.1, 0.15) is 0 Å². The van der Waals surface area contributed by atoms with Crippen LogP contribution in [-0.4, -0.2) is 11.1 Å². The molecule has 0 aliphatic heterocycles. The predicted molar refractivity (Wildman–Crippen MR) is 77.0 cm³/mol. The molecule has 2 rings (SSSR count). The van der Waals surface area contributed by atoms with Crippen LogP contribution in [0.5, 0.6) is 0 Å². The van der Waals surface area contributed by atoms with E-state index in [2.05, 4.69) is 47.4 Å². The average Bonchev–Trinajstić information content (AvgIpc) is 2.85. The van der Waals surface area contributed by atoms with E-state index in [0.29, 0.717) is 0 Å². The maximum atomic E-state index is 5.85. The Bertz CT molecular complexity index is 473. The highest BCUT2D eigenvalue weighted by Gasteiger charge is 1.96. The van der Waals surface area contributed by atoms with Crippen molar-refractivity contribution in [2.45, 2.75) is 26.4 Å². The first kappa shape index (κ1) is 13.2. The number of benzene rings is 1. The molecule has 0 bridgehead atoms. The quantitative estimate of drug-likeness (QED) is 0.789. The van der Waals surface area contributed by atoms with Gasteiger partial charge < -0.3 is 9.88 Å². The number of aromatic nitrogens is 1. The highest BCUT2D eigenvalue weighted by atomic mass is 35.5. The van der Waals surface area contributed by atoms with Gasteiger partial charge in [0, 0.05) is 30.5 Å². The second-order valence-corrected chi connectivity index (χ2v) is 4.84. The first-order valence-electron chi connectivity index (χ1n) is 6.37. The summed E-state index contributed by atoms with van der Waals surface area (Å²) < 4.78 is 2.19. The zero-order valence-corrected chi connectivity index (χ0v) is 11.5. The van der Waals surface area contributed by atoms with Crippen molar-refractivity contribution in [3.05, 3.63) is 58.9 Å². The Kier molecular flexibility index (Phi) is 4.85. The Morgan fingerprint density at radius 2 is 1.89 bits per heavy atom. The second kappa shape index (κ2) is 6.62. The molecule has 0 saturated carbocycles. The lowest BCUT2D eigenvalue weighted by Crippen LogP contribution is -2.16. The molecule has 1 heterocycles. The fourth-order valence-electron chi connectivity index (χ4n) is 1.91. The van der Waals surface area contributed by atoms with E-state index >= 15 is 0 Å². The molecule has 3 heteroatoms. The summed E-state index contributed by atoms with van der Waals surface area (Å²) in [7, 11) is 0. The highest BCUT2D eigenvalue weighted by Crippen LogP contribution is 2.09. The van der Waals surface area contributed by atoms with Crippen LogP contribution in [0.15, 0.2) is 42.7 Å². The third-order valence-corrected chi connectivity index (χ3v) is 3.26. The van der Waals surface area contributed by atoms with Crippen molar-refractivity contribution in [2.24, 2.45) is 0 Å². The molecule has 0 aliphatic rings.